The van der Waals surface area contributed by atoms with Gasteiger partial charge in [-0.2, -0.15) is 0 Å². The van der Waals surface area contributed by atoms with Crippen LogP contribution in [0.5, 0.6) is 0 Å². The first-order valence-corrected chi connectivity index (χ1v) is 8.05. The van der Waals surface area contributed by atoms with Gasteiger partial charge in [0.25, 0.3) is 0 Å². The molecule has 1 atom stereocenters. The maximum Gasteiger partial charge on any atom is 0.126 e. The van der Waals surface area contributed by atoms with Crippen molar-refractivity contribution in [3.05, 3.63) is 51.2 Å². The zero-order valence-electron chi connectivity index (χ0n) is 11.4. The van der Waals surface area contributed by atoms with E-state index in [4.69, 9.17) is 4.98 Å². The number of rotatable bonds is 3. The number of fused-ring (bicyclic) bond motifs is 1. The quantitative estimate of drug-likeness (QED) is 0.934. The first kappa shape index (κ1) is 12.5. The largest absolute Gasteiger partial charge is 0.299 e. The van der Waals surface area contributed by atoms with Gasteiger partial charge in [0, 0.05) is 17.1 Å². The molecule has 0 spiro atoms. The summed E-state index contributed by atoms with van der Waals surface area (Å²) in [5.41, 5.74) is 2.75. The Morgan fingerprint density at radius 1 is 1.40 bits per heavy atom. The Morgan fingerprint density at radius 3 is 2.95 bits per heavy atom. The molecule has 4 heteroatoms. The second-order valence-electron chi connectivity index (χ2n) is 5.88. The number of nitrogens with zero attached hydrogens (tertiary/aromatic N) is 1. The summed E-state index contributed by atoms with van der Waals surface area (Å²) in [6, 6.07) is 6.02. The first-order chi connectivity index (χ1) is 9.69. The van der Waals surface area contributed by atoms with Crippen LogP contribution in [0.3, 0.4) is 0 Å². The minimum Gasteiger partial charge on any atom is -0.299 e. The Hall–Kier alpha value is -1.26. The van der Waals surface area contributed by atoms with Gasteiger partial charge in [-0.05, 0) is 49.8 Å². The van der Waals surface area contributed by atoms with Gasteiger partial charge in [0.05, 0.1) is 5.54 Å². The van der Waals surface area contributed by atoms with Gasteiger partial charge in [0.1, 0.15) is 10.8 Å². The maximum absolute atomic E-state index is 14.1. The molecular formula is C16H17FN2S. The van der Waals surface area contributed by atoms with Crippen LogP contribution in [0.2, 0.25) is 0 Å². The molecular weight excluding hydrogens is 271 g/mol. The van der Waals surface area contributed by atoms with E-state index in [1.165, 1.54) is 12.8 Å². The van der Waals surface area contributed by atoms with Crippen LogP contribution in [0.4, 0.5) is 4.39 Å². The lowest BCUT2D eigenvalue weighted by atomic mass is 9.92. The fourth-order valence-corrected chi connectivity index (χ4v) is 4.22. The number of thiazole rings is 1. The van der Waals surface area contributed by atoms with Crippen LogP contribution >= 0.6 is 11.3 Å². The highest BCUT2D eigenvalue weighted by Crippen LogP contribution is 2.45. The Bertz CT molecular complexity index is 662. The Labute approximate surface area is 122 Å². The van der Waals surface area contributed by atoms with Crippen LogP contribution in [-0.4, -0.2) is 11.0 Å². The van der Waals surface area contributed by atoms with Crippen LogP contribution in [-0.2, 0) is 12.0 Å². The van der Waals surface area contributed by atoms with E-state index in [0.29, 0.717) is 6.04 Å². The summed E-state index contributed by atoms with van der Waals surface area (Å²) < 4.78 is 14.1. The predicted octanol–water partition coefficient (Wildman–Crippen LogP) is 3.53. The van der Waals surface area contributed by atoms with Crippen LogP contribution < -0.4 is 5.32 Å². The number of hydrogen-bond acceptors (Lipinski definition) is 3. The fourth-order valence-electron chi connectivity index (χ4n) is 3.22. The van der Waals surface area contributed by atoms with Crippen molar-refractivity contribution in [2.45, 2.75) is 44.2 Å². The van der Waals surface area contributed by atoms with E-state index in [2.05, 4.69) is 16.8 Å². The lowest BCUT2D eigenvalue weighted by molar-refractivity contribution is 0.392. The molecule has 1 heterocycles. The number of aromatic nitrogens is 1. The Kier molecular flexibility index (Phi) is 2.72. The topological polar surface area (TPSA) is 24.9 Å². The highest BCUT2D eigenvalue weighted by Gasteiger charge is 2.46. The summed E-state index contributed by atoms with van der Waals surface area (Å²) in [4.78, 5) is 4.71. The minimum atomic E-state index is -0.266. The highest BCUT2D eigenvalue weighted by atomic mass is 32.1. The molecule has 0 aliphatic heterocycles. The molecule has 4 rings (SSSR count). The van der Waals surface area contributed by atoms with E-state index >= 15 is 0 Å². The summed E-state index contributed by atoms with van der Waals surface area (Å²) in [6.45, 7) is 2.02. The minimum absolute atomic E-state index is 0.0738. The molecule has 1 fully saturated rings. The third-order valence-electron chi connectivity index (χ3n) is 4.34. The van der Waals surface area contributed by atoms with E-state index in [9.17, 15) is 4.39 Å². The average molecular weight is 288 g/mol. The number of nitrogens with one attached hydrogen (secondary N) is 1. The van der Waals surface area contributed by atoms with Crippen molar-refractivity contribution in [1.29, 1.82) is 0 Å². The van der Waals surface area contributed by atoms with Crippen LogP contribution in [0.15, 0.2) is 23.6 Å². The van der Waals surface area contributed by atoms with Crippen LogP contribution in [0.25, 0.3) is 0 Å². The van der Waals surface area contributed by atoms with Crippen molar-refractivity contribution in [2.24, 2.45) is 0 Å². The second kappa shape index (κ2) is 4.37. The maximum atomic E-state index is 14.1. The third kappa shape index (κ3) is 1.82. The monoisotopic (exact) mass is 288 g/mol. The molecule has 1 aromatic carbocycles. The van der Waals surface area contributed by atoms with Crippen molar-refractivity contribution < 1.29 is 4.39 Å². The summed E-state index contributed by atoms with van der Waals surface area (Å²) in [5.74, 6) is -0.0738. The van der Waals surface area contributed by atoms with Gasteiger partial charge in [-0.25, -0.2) is 9.37 Å². The summed E-state index contributed by atoms with van der Waals surface area (Å²) in [5, 5.41) is 6.94. The van der Waals surface area contributed by atoms with Gasteiger partial charge in [-0.1, -0.05) is 12.1 Å². The van der Waals surface area contributed by atoms with Gasteiger partial charge in [-0.3, -0.25) is 5.32 Å². The molecule has 1 saturated carbocycles. The number of hydrogen-bond donors (Lipinski definition) is 1. The van der Waals surface area contributed by atoms with Gasteiger partial charge in [0.2, 0.25) is 0 Å². The molecule has 2 aliphatic carbocycles. The van der Waals surface area contributed by atoms with E-state index < -0.39 is 0 Å². The molecule has 2 aliphatic rings. The fraction of sp³-hybridized carbons (Fsp3) is 0.438. The molecule has 104 valence electrons. The first-order valence-electron chi connectivity index (χ1n) is 7.17. The molecule has 1 unspecified atom stereocenters. The summed E-state index contributed by atoms with van der Waals surface area (Å²) in [6.07, 6.45) is 4.14. The molecule has 1 aromatic heterocycles. The van der Waals surface area contributed by atoms with E-state index in [1.807, 2.05) is 13.0 Å². The van der Waals surface area contributed by atoms with Crippen molar-refractivity contribution in [3.63, 3.8) is 0 Å². The van der Waals surface area contributed by atoms with Gasteiger partial charge in [0.15, 0.2) is 0 Å². The Morgan fingerprint density at radius 2 is 2.25 bits per heavy atom. The zero-order chi connectivity index (χ0) is 13.7. The molecule has 0 bridgehead atoms. The lowest BCUT2D eigenvalue weighted by Gasteiger charge is -2.30. The number of aryl methyl sites for hydroxylation is 1. The molecule has 0 radical (unpaired) electrons. The highest BCUT2D eigenvalue weighted by molar-refractivity contribution is 7.09. The van der Waals surface area contributed by atoms with E-state index in [0.717, 1.165) is 34.7 Å². The average Bonchev–Trinajstić information content (AvgIpc) is 3.00. The molecule has 0 amide bonds. The second-order valence-corrected chi connectivity index (χ2v) is 6.74. The molecule has 1 N–H and O–H groups in total. The number of benzene rings is 1. The SMILES string of the molecule is Cc1csc(C2(NC3CC3)CCc3c(F)cccc32)n1. The predicted molar refractivity (Wildman–Crippen MR) is 78.5 cm³/mol. The third-order valence-corrected chi connectivity index (χ3v) is 5.46. The summed E-state index contributed by atoms with van der Waals surface area (Å²) >= 11 is 1.69. The molecule has 20 heavy (non-hydrogen) atoms. The molecule has 2 aromatic rings. The van der Waals surface area contributed by atoms with E-state index in [-0.39, 0.29) is 11.4 Å². The van der Waals surface area contributed by atoms with Crippen molar-refractivity contribution in [3.8, 4) is 0 Å². The van der Waals surface area contributed by atoms with Crippen molar-refractivity contribution in [2.75, 3.05) is 0 Å². The van der Waals surface area contributed by atoms with Crippen LogP contribution in [0.1, 0.15) is 41.1 Å². The van der Waals surface area contributed by atoms with Crippen LogP contribution in [0, 0.1) is 12.7 Å². The van der Waals surface area contributed by atoms with Gasteiger partial charge in [-0.15, -0.1) is 11.3 Å². The van der Waals surface area contributed by atoms with Gasteiger partial charge >= 0.3 is 0 Å². The normalized spacial score (nSPS) is 24.9. The van der Waals surface area contributed by atoms with Crippen molar-refractivity contribution >= 4 is 11.3 Å². The Balaban J connectivity index is 1.87. The van der Waals surface area contributed by atoms with Crippen molar-refractivity contribution in [1.82, 2.24) is 10.3 Å². The van der Waals surface area contributed by atoms with Gasteiger partial charge < -0.3 is 0 Å². The standard InChI is InChI=1S/C16H17FN2S/c1-10-9-20-15(18-10)16(19-11-5-6-11)8-7-12-13(16)3-2-4-14(12)17/h2-4,9,11,19H,5-8H2,1H3. The number of halogens is 1. The summed E-state index contributed by atoms with van der Waals surface area (Å²) in [7, 11) is 0. The lowest BCUT2D eigenvalue weighted by Crippen LogP contribution is -2.43. The van der Waals surface area contributed by atoms with E-state index in [1.54, 1.807) is 17.4 Å². The smallest absolute Gasteiger partial charge is 0.126 e. The molecule has 2 nitrogen and oxygen atoms in total. The zero-order valence-corrected chi connectivity index (χ0v) is 12.3. The molecule has 0 saturated heterocycles.